The average Bonchev–Trinajstić information content (AvgIpc) is 2.53. The number of rotatable bonds is 5. The first-order valence-corrected chi connectivity index (χ1v) is 7.56. The molecule has 1 unspecified atom stereocenters. The zero-order valence-corrected chi connectivity index (χ0v) is 14.4. The number of carbonyl (C=O) groups excluding carboxylic acids is 1. The number of hydrogen-bond acceptors (Lipinski definition) is 4. The fourth-order valence-corrected chi connectivity index (χ4v) is 2.54. The minimum atomic E-state index is -0.343. The Morgan fingerprint density at radius 2 is 1.91 bits per heavy atom. The lowest BCUT2D eigenvalue weighted by Crippen LogP contribution is -2.27. The highest BCUT2D eigenvalue weighted by molar-refractivity contribution is 6.34. The van der Waals surface area contributed by atoms with Crippen LogP contribution in [0.1, 0.15) is 28.9 Å². The molecule has 1 heterocycles. The van der Waals surface area contributed by atoms with Crippen LogP contribution in [0, 0.1) is 0 Å². The molecule has 1 amide bonds. The van der Waals surface area contributed by atoms with Crippen LogP contribution in [0.3, 0.4) is 0 Å². The zero-order chi connectivity index (χ0) is 17.0. The number of benzene rings is 1. The maximum Gasteiger partial charge on any atom is 0.254 e. The Hall–Kier alpha value is -1.98. The summed E-state index contributed by atoms with van der Waals surface area (Å²) in [6.07, 6.45) is 0. The fourth-order valence-electron chi connectivity index (χ4n) is 2.11. The van der Waals surface area contributed by atoms with Crippen LogP contribution >= 0.6 is 23.2 Å². The third-order valence-corrected chi connectivity index (χ3v) is 3.81. The van der Waals surface area contributed by atoms with E-state index in [0.29, 0.717) is 11.5 Å². The van der Waals surface area contributed by atoms with Gasteiger partial charge in [-0.05, 0) is 31.2 Å². The molecule has 0 saturated heterocycles. The van der Waals surface area contributed by atoms with Crippen molar-refractivity contribution in [1.29, 1.82) is 0 Å². The van der Waals surface area contributed by atoms with Gasteiger partial charge >= 0.3 is 0 Å². The van der Waals surface area contributed by atoms with E-state index in [0.717, 1.165) is 5.56 Å². The van der Waals surface area contributed by atoms with Crippen LogP contribution in [0.5, 0.6) is 11.5 Å². The van der Waals surface area contributed by atoms with Gasteiger partial charge in [-0.15, -0.1) is 0 Å². The van der Waals surface area contributed by atoms with Crippen molar-refractivity contribution in [3.8, 4) is 11.5 Å². The van der Waals surface area contributed by atoms with E-state index in [1.54, 1.807) is 26.4 Å². The average molecular weight is 355 g/mol. The number of hydrogen-bond donors (Lipinski definition) is 1. The molecule has 0 spiro atoms. The van der Waals surface area contributed by atoms with Crippen LogP contribution in [0.15, 0.2) is 30.3 Å². The molecule has 1 N–H and O–H groups in total. The molecule has 0 bridgehead atoms. The number of aromatic nitrogens is 1. The van der Waals surface area contributed by atoms with Crippen molar-refractivity contribution in [2.45, 2.75) is 13.0 Å². The highest BCUT2D eigenvalue weighted by Crippen LogP contribution is 2.29. The van der Waals surface area contributed by atoms with Gasteiger partial charge in [0, 0.05) is 11.6 Å². The number of halogens is 2. The Bertz CT molecular complexity index is 722. The molecular weight excluding hydrogens is 339 g/mol. The van der Waals surface area contributed by atoms with Gasteiger partial charge in [0.05, 0.1) is 25.8 Å². The molecule has 7 heteroatoms. The summed E-state index contributed by atoms with van der Waals surface area (Å²) in [5.41, 5.74) is 1.08. The van der Waals surface area contributed by atoms with Crippen molar-refractivity contribution in [2.24, 2.45) is 0 Å². The number of methoxy groups -OCH3 is 2. The molecule has 0 aliphatic carbocycles. The first kappa shape index (κ1) is 17.4. The Labute approximate surface area is 144 Å². The maximum absolute atomic E-state index is 12.3. The second-order valence-corrected chi connectivity index (χ2v) is 5.52. The summed E-state index contributed by atoms with van der Waals surface area (Å²) >= 11 is 11.7. The molecule has 2 rings (SSSR count). The minimum Gasteiger partial charge on any atom is -0.497 e. The van der Waals surface area contributed by atoms with Gasteiger partial charge in [0.1, 0.15) is 21.8 Å². The first-order valence-electron chi connectivity index (χ1n) is 6.81. The van der Waals surface area contributed by atoms with E-state index in [9.17, 15) is 4.79 Å². The smallest absolute Gasteiger partial charge is 0.254 e. The van der Waals surface area contributed by atoms with Gasteiger partial charge in [-0.3, -0.25) is 4.79 Å². The highest BCUT2D eigenvalue weighted by atomic mass is 35.5. The molecule has 5 nitrogen and oxygen atoms in total. The van der Waals surface area contributed by atoms with Gasteiger partial charge < -0.3 is 14.8 Å². The predicted molar refractivity (Wildman–Crippen MR) is 89.7 cm³/mol. The van der Waals surface area contributed by atoms with Crippen molar-refractivity contribution >= 4 is 29.1 Å². The van der Waals surface area contributed by atoms with Crippen LogP contribution in [-0.4, -0.2) is 25.1 Å². The van der Waals surface area contributed by atoms with Crippen molar-refractivity contribution in [1.82, 2.24) is 10.3 Å². The van der Waals surface area contributed by atoms with Crippen molar-refractivity contribution in [3.63, 3.8) is 0 Å². The number of carbonyl (C=O) groups is 1. The normalized spacial score (nSPS) is 11.7. The van der Waals surface area contributed by atoms with Gasteiger partial charge in [-0.1, -0.05) is 23.2 Å². The second kappa shape index (κ2) is 7.53. The number of nitrogens with one attached hydrogen (secondary N) is 1. The molecule has 2 aromatic rings. The van der Waals surface area contributed by atoms with Gasteiger partial charge in [0.15, 0.2) is 0 Å². The molecule has 0 aliphatic heterocycles. The van der Waals surface area contributed by atoms with Crippen molar-refractivity contribution in [3.05, 3.63) is 51.8 Å². The van der Waals surface area contributed by atoms with E-state index in [2.05, 4.69) is 10.3 Å². The zero-order valence-electron chi connectivity index (χ0n) is 12.9. The molecule has 1 aromatic carbocycles. The standard InChI is InChI=1S/C16H16Cl2N2O3/c1-9(11-5-4-10(22-2)8-13(11)23-3)19-16(21)12-6-7-14(17)20-15(12)18/h4-9H,1-3H3,(H,19,21). The predicted octanol–water partition coefficient (Wildman–Crippen LogP) is 3.90. The largest absolute Gasteiger partial charge is 0.497 e. The Morgan fingerprint density at radius 3 is 2.52 bits per heavy atom. The third kappa shape index (κ3) is 4.06. The maximum atomic E-state index is 12.3. The molecule has 23 heavy (non-hydrogen) atoms. The highest BCUT2D eigenvalue weighted by Gasteiger charge is 2.18. The third-order valence-electron chi connectivity index (χ3n) is 3.31. The summed E-state index contributed by atoms with van der Waals surface area (Å²) in [6.45, 7) is 1.85. The van der Waals surface area contributed by atoms with Crippen molar-refractivity contribution in [2.75, 3.05) is 14.2 Å². The second-order valence-electron chi connectivity index (χ2n) is 4.78. The Kier molecular flexibility index (Phi) is 5.69. The minimum absolute atomic E-state index is 0.0592. The van der Waals surface area contributed by atoms with E-state index in [4.69, 9.17) is 32.7 Å². The van der Waals surface area contributed by atoms with Crippen LogP contribution in [0.2, 0.25) is 10.3 Å². The Balaban J connectivity index is 2.21. The summed E-state index contributed by atoms with van der Waals surface area (Å²) in [6, 6.07) is 8.15. The topological polar surface area (TPSA) is 60.5 Å². The van der Waals surface area contributed by atoms with E-state index in [1.807, 2.05) is 13.0 Å². The van der Waals surface area contributed by atoms with E-state index in [1.165, 1.54) is 12.1 Å². The van der Waals surface area contributed by atoms with Crippen LogP contribution < -0.4 is 14.8 Å². The monoisotopic (exact) mass is 354 g/mol. The fraction of sp³-hybridized carbons (Fsp3) is 0.250. The van der Waals surface area contributed by atoms with Crippen LogP contribution in [0.4, 0.5) is 0 Å². The lowest BCUT2D eigenvalue weighted by Gasteiger charge is -2.18. The summed E-state index contributed by atoms with van der Waals surface area (Å²) in [7, 11) is 3.14. The summed E-state index contributed by atoms with van der Waals surface area (Å²) in [5, 5.41) is 3.15. The summed E-state index contributed by atoms with van der Waals surface area (Å²) in [4.78, 5) is 16.2. The molecule has 1 aromatic heterocycles. The molecule has 0 fully saturated rings. The van der Waals surface area contributed by atoms with E-state index in [-0.39, 0.29) is 27.8 Å². The first-order chi connectivity index (χ1) is 11.0. The molecule has 122 valence electrons. The van der Waals surface area contributed by atoms with E-state index >= 15 is 0 Å². The number of nitrogens with zero attached hydrogens (tertiary/aromatic N) is 1. The van der Waals surface area contributed by atoms with Crippen LogP contribution in [0.25, 0.3) is 0 Å². The summed E-state index contributed by atoms with van der Waals surface area (Å²) < 4.78 is 10.5. The number of amides is 1. The molecule has 0 radical (unpaired) electrons. The van der Waals surface area contributed by atoms with Gasteiger partial charge in [-0.2, -0.15) is 0 Å². The number of pyridine rings is 1. The van der Waals surface area contributed by atoms with Gasteiger partial charge in [-0.25, -0.2) is 4.98 Å². The van der Waals surface area contributed by atoms with Crippen molar-refractivity contribution < 1.29 is 14.3 Å². The molecule has 0 saturated carbocycles. The molecular formula is C16H16Cl2N2O3. The summed E-state index contributed by atoms with van der Waals surface area (Å²) in [5.74, 6) is 0.955. The van der Waals surface area contributed by atoms with Gasteiger partial charge in [0.25, 0.3) is 5.91 Å². The quantitative estimate of drug-likeness (QED) is 0.827. The molecule has 1 atom stereocenters. The van der Waals surface area contributed by atoms with Gasteiger partial charge in [0.2, 0.25) is 0 Å². The number of ether oxygens (including phenoxy) is 2. The van der Waals surface area contributed by atoms with E-state index < -0.39 is 0 Å². The molecule has 0 aliphatic rings. The lowest BCUT2D eigenvalue weighted by atomic mass is 10.1. The SMILES string of the molecule is COc1ccc(C(C)NC(=O)c2ccc(Cl)nc2Cl)c(OC)c1. The van der Waals surface area contributed by atoms with Crippen LogP contribution in [-0.2, 0) is 0 Å². The Morgan fingerprint density at radius 1 is 1.17 bits per heavy atom. The lowest BCUT2D eigenvalue weighted by molar-refractivity contribution is 0.0939.